The lowest BCUT2D eigenvalue weighted by molar-refractivity contribution is -0.125. The Morgan fingerprint density at radius 3 is 2.74 bits per heavy atom. The monoisotopic (exact) mass is 360 g/mol. The number of nitrogens with zero attached hydrogens (tertiary/aromatic N) is 1. The molecule has 0 atom stereocenters. The van der Waals surface area contributed by atoms with Gasteiger partial charge in [0.15, 0.2) is 0 Å². The second kappa shape index (κ2) is 7.31. The molecule has 3 aromatic rings. The van der Waals surface area contributed by atoms with Gasteiger partial charge in [0.05, 0.1) is 7.11 Å². The number of methoxy groups -OCH3 is 1. The number of hydrogen-bond donors (Lipinski definition) is 1. The van der Waals surface area contributed by atoms with E-state index >= 15 is 0 Å². The molecule has 4 heteroatoms. The molecule has 0 aliphatic carbocycles. The molecule has 4 rings (SSSR count). The fourth-order valence-electron chi connectivity index (χ4n) is 3.82. The van der Waals surface area contributed by atoms with Gasteiger partial charge < -0.3 is 14.6 Å². The smallest absolute Gasteiger partial charge is 0.254 e. The molecule has 2 heterocycles. The molecule has 1 aliphatic heterocycles. The number of aromatic amines is 1. The quantitative estimate of drug-likeness (QED) is 0.694. The van der Waals surface area contributed by atoms with Crippen LogP contribution in [0.5, 0.6) is 5.75 Å². The topological polar surface area (TPSA) is 45.3 Å². The van der Waals surface area contributed by atoms with Crippen LogP contribution < -0.4 is 4.74 Å². The Labute approximate surface area is 159 Å². The molecule has 0 unspecified atom stereocenters. The third kappa shape index (κ3) is 3.23. The summed E-state index contributed by atoms with van der Waals surface area (Å²) >= 11 is 0. The van der Waals surface area contributed by atoms with E-state index in [1.54, 1.807) is 7.11 Å². The minimum absolute atomic E-state index is 0.104. The third-order valence-electron chi connectivity index (χ3n) is 5.19. The van der Waals surface area contributed by atoms with E-state index in [-0.39, 0.29) is 5.91 Å². The van der Waals surface area contributed by atoms with Crippen LogP contribution in [0.25, 0.3) is 16.5 Å². The summed E-state index contributed by atoms with van der Waals surface area (Å²) < 4.78 is 5.24. The molecular formula is C23H24N2O2. The maximum Gasteiger partial charge on any atom is 0.254 e. The lowest BCUT2D eigenvalue weighted by Crippen LogP contribution is -2.34. The minimum Gasteiger partial charge on any atom is -0.497 e. The summed E-state index contributed by atoms with van der Waals surface area (Å²) in [5, 5.41) is 1.19. The van der Waals surface area contributed by atoms with E-state index in [9.17, 15) is 4.79 Å². The van der Waals surface area contributed by atoms with E-state index in [1.165, 1.54) is 10.9 Å². The summed E-state index contributed by atoms with van der Waals surface area (Å²) in [6.07, 6.45) is 5.81. The van der Waals surface area contributed by atoms with Gasteiger partial charge in [0, 0.05) is 35.8 Å². The predicted octanol–water partition coefficient (Wildman–Crippen LogP) is 4.55. The zero-order valence-electron chi connectivity index (χ0n) is 15.8. The lowest BCUT2D eigenvalue weighted by Gasteiger charge is -2.27. The molecule has 1 amide bonds. The first-order valence-electron chi connectivity index (χ1n) is 9.43. The van der Waals surface area contributed by atoms with Crippen LogP contribution >= 0.6 is 0 Å². The second-order valence-electron chi connectivity index (χ2n) is 6.89. The molecule has 1 aliphatic rings. The Hall–Kier alpha value is -3.01. The largest absolute Gasteiger partial charge is 0.497 e. The number of carbonyl (C=O) groups excluding carboxylic acids is 1. The standard InChI is InChI=1S/C23H24N2O2/c1-3-5-20-19-6-4-7-21-22(19)17(14-24-21)12-13-25(23(20)26)15-16-8-10-18(27-2)11-9-16/h4-11,14,24H,3,12-13,15H2,1-2H3/b20-5-. The summed E-state index contributed by atoms with van der Waals surface area (Å²) in [5.74, 6) is 0.931. The SMILES string of the molecule is CC/C=C1\C(=O)N(Cc2ccc(OC)cc2)CCc2c[nH]c3cccc1c23. The molecule has 0 saturated heterocycles. The average molecular weight is 360 g/mol. The number of carbonyl (C=O) groups is 1. The highest BCUT2D eigenvalue weighted by atomic mass is 16.5. The molecule has 0 spiro atoms. The number of hydrogen-bond acceptors (Lipinski definition) is 2. The highest BCUT2D eigenvalue weighted by Gasteiger charge is 2.25. The maximum absolute atomic E-state index is 13.4. The van der Waals surface area contributed by atoms with Crippen molar-refractivity contribution < 1.29 is 9.53 Å². The van der Waals surface area contributed by atoms with Crippen LogP contribution in [-0.2, 0) is 17.8 Å². The number of rotatable bonds is 4. The van der Waals surface area contributed by atoms with E-state index in [2.05, 4.69) is 36.3 Å². The molecule has 1 N–H and O–H groups in total. The molecule has 138 valence electrons. The first-order valence-corrected chi connectivity index (χ1v) is 9.43. The van der Waals surface area contributed by atoms with Crippen LogP contribution in [0.15, 0.2) is 54.7 Å². The van der Waals surface area contributed by atoms with Crippen LogP contribution in [0.2, 0.25) is 0 Å². The van der Waals surface area contributed by atoms with Crippen molar-refractivity contribution >= 4 is 22.4 Å². The highest BCUT2D eigenvalue weighted by molar-refractivity contribution is 6.23. The molecule has 27 heavy (non-hydrogen) atoms. The van der Waals surface area contributed by atoms with Crippen molar-refractivity contribution in [3.8, 4) is 5.75 Å². The number of nitrogens with one attached hydrogen (secondary N) is 1. The Morgan fingerprint density at radius 2 is 2.00 bits per heavy atom. The Morgan fingerprint density at radius 1 is 1.19 bits per heavy atom. The van der Waals surface area contributed by atoms with E-state index in [1.807, 2.05) is 35.2 Å². The van der Waals surface area contributed by atoms with E-state index in [0.29, 0.717) is 13.1 Å². The van der Waals surface area contributed by atoms with Gasteiger partial charge in [0.1, 0.15) is 5.75 Å². The number of benzene rings is 2. The molecule has 0 radical (unpaired) electrons. The van der Waals surface area contributed by atoms with Crippen molar-refractivity contribution in [3.63, 3.8) is 0 Å². The Kier molecular flexibility index (Phi) is 4.71. The van der Waals surface area contributed by atoms with Crippen LogP contribution in [0.4, 0.5) is 0 Å². The fraction of sp³-hybridized carbons (Fsp3) is 0.261. The normalized spacial score (nSPS) is 15.9. The first kappa shape index (κ1) is 17.4. The van der Waals surface area contributed by atoms with Gasteiger partial charge in [-0.15, -0.1) is 0 Å². The van der Waals surface area contributed by atoms with Gasteiger partial charge in [-0.1, -0.05) is 37.3 Å². The van der Waals surface area contributed by atoms with Crippen molar-refractivity contribution in [2.45, 2.75) is 26.3 Å². The molecule has 0 bridgehead atoms. The van der Waals surface area contributed by atoms with Crippen LogP contribution in [0.3, 0.4) is 0 Å². The summed E-state index contributed by atoms with van der Waals surface area (Å²) in [5.41, 5.74) is 5.32. The Bertz CT molecular complexity index is 999. The van der Waals surface area contributed by atoms with Gasteiger partial charge in [-0.3, -0.25) is 4.79 Å². The third-order valence-corrected chi connectivity index (χ3v) is 5.19. The zero-order chi connectivity index (χ0) is 18.8. The molecule has 1 aromatic heterocycles. The summed E-state index contributed by atoms with van der Waals surface area (Å²) in [4.78, 5) is 18.7. The number of ether oxygens (including phenoxy) is 1. The number of H-pyrrole nitrogens is 1. The Balaban J connectivity index is 1.72. The summed E-state index contributed by atoms with van der Waals surface area (Å²) in [6, 6.07) is 14.1. The number of amides is 1. The number of allylic oxidation sites excluding steroid dienone is 1. The van der Waals surface area contributed by atoms with Gasteiger partial charge in [0.2, 0.25) is 0 Å². The van der Waals surface area contributed by atoms with Crippen molar-refractivity contribution in [1.29, 1.82) is 0 Å². The summed E-state index contributed by atoms with van der Waals surface area (Å²) in [6.45, 7) is 3.37. The summed E-state index contributed by atoms with van der Waals surface area (Å²) in [7, 11) is 1.66. The zero-order valence-corrected chi connectivity index (χ0v) is 15.8. The average Bonchev–Trinajstić information content (AvgIpc) is 3.12. The van der Waals surface area contributed by atoms with Crippen LogP contribution in [0, 0.1) is 0 Å². The highest BCUT2D eigenvalue weighted by Crippen LogP contribution is 2.32. The number of aromatic nitrogens is 1. The van der Waals surface area contributed by atoms with Crippen LogP contribution in [-0.4, -0.2) is 29.4 Å². The van der Waals surface area contributed by atoms with Gasteiger partial charge in [0.25, 0.3) is 5.91 Å². The van der Waals surface area contributed by atoms with Gasteiger partial charge in [-0.25, -0.2) is 0 Å². The van der Waals surface area contributed by atoms with E-state index in [0.717, 1.165) is 40.8 Å². The van der Waals surface area contributed by atoms with Crippen molar-refractivity contribution in [2.75, 3.05) is 13.7 Å². The lowest BCUT2D eigenvalue weighted by atomic mass is 9.94. The van der Waals surface area contributed by atoms with Crippen molar-refractivity contribution in [2.24, 2.45) is 0 Å². The second-order valence-corrected chi connectivity index (χ2v) is 6.89. The molecule has 4 nitrogen and oxygen atoms in total. The van der Waals surface area contributed by atoms with Gasteiger partial charge in [-0.2, -0.15) is 0 Å². The fourth-order valence-corrected chi connectivity index (χ4v) is 3.82. The van der Waals surface area contributed by atoms with E-state index < -0.39 is 0 Å². The maximum atomic E-state index is 13.4. The van der Waals surface area contributed by atoms with Gasteiger partial charge >= 0.3 is 0 Å². The van der Waals surface area contributed by atoms with Crippen molar-refractivity contribution in [1.82, 2.24) is 9.88 Å². The molecule has 0 saturated carbocycles. The van der Waals surface area contributed by atoms with E-state index in [4.69, 9.17) is 4.74 Å². The van der Waals surface area contributed by atoms with Crippen LogP contribution in [0.1, 0.15) is 30.0 Å². The van der Waals surface area contributed by atoms with Gasteiger partial charge in [-0.05, 0) is 47.7 Å². The minimum atomic E-state index is 0.104. The predicted molar refractivity (Wildman–Crippen MR) is 109 cm³/mol. The first-order chi connectivity index (χ1) is 13.2. The van der Waals surface area contributed by atoms with Crippen molar-refractivity contribution in [3.05, 3.63) is 71.4 Å². The molecule has 0 fully saturated rings. The molecule has 2 aromatic carbocycles. The molecular weight excluding hydrogens is 336 g/mol.